The van der Waals surface area contributed by atoms with Crippen molar-refractivity contribution in [2.75, 3.05) is 0 Å². The number of nitrogens with one attached hydrogen (secondary N) is 1. The van der Waals surface area contributed by atoms with Crippen LogP contribution in [-0.2, 0) is 0 Å². The van der Waals surface area contributed by atoms with Crippen LogP contribution >= 0.6 is 45.8 Å². The van der Waals surface area contributed by atoms with Crippen LogP contribution in [0.2, 0.25) is 10.0 Å². The number of benzene rings is 1. The van der Waals surface area contributed by atoms with Gasteiger partial charge in [-0.05, 0) is 52.9 Å². The molecule has 7 heteroatoms. The molecule has 0 aliphatic heterocycles. The Bertz CT molecular complexity index is 640. The fourth-order valence-electron chi connectivity index (χ4n) is 1.25. The zero-order valence-corrected chi connectivity index (χ0v) is 13.0. The summed E-state index contributed by atoms with van der Waals surface area (Å²) >= 11 is 13.6. The Balaban J connectivity index is 2.01. The van der Waals surface area contributed by atoms with Gasteiger partial charge in [0.15, 0.2) is 3.77 Å². The molecular formula is C12H7Cl2IN2O2. The van der Waals surface area contributed by atoms with E-state index in [9.17, 15) is 4.79 Å². The van der Waals surface area contributed by atoms with Gasteiger partial charge in [0.2, 0.25) is 0 Å². The van der Waals surface area contributed by atoms with Crippen molar-refractivity contribution in [2.24, 2.45) is 5.10 Å². The van der Waals surface area contributed by atoms with E-state index in [1.54, 1.807) is 24.3 Å². The molecule has 0 fully saturated rings. The van der Waals surface area contributed by atoms with Gasteiger partial charge in [0.1, 0.15) is 5.76 Å². The molecule has 0 aliphatic rings. The van der Waals surface area contributed by atoms with Crippen LogP contribution in [0.5, 0.6) is 0 Å². The number of halogens is 3. The van der Waals surface area contributed by atoms with Crippen molar-refractivity contribution in [2.45, 2.75) is 0 Å². The number of rotatable bonds is 3. The number of hydrogen-bond donors (Lipinski definition) is 1. The zero-order chi connectivity index (χ0) is 13.8. The van der Waals surface area contributed by atoms with Crippen molar-refractivity contribution in [3.8, 4) is 0 Å². The summed E-state index contributed by atoms with van der Waals surface area (Å²) in [6, 6.07) is 8.14. The van der Waals surface area contributed by atoms with Gasteiger partial charge in [-0.15, -0.1) is 0 Å². The molecule has 0 atom stereocenters. The van der Waals surface area contributed by atoms with Gasteiger partial charge in [0.25, 0.3) is 5.91 Å². The summed E-state index contributed by atoms with van der Waals surface area (Å²) in [4.78, 5) is 11.7. The van der Waals surface area contributed by atoms with Gasteiger partial charge in [-0.25, -0.2) is 5.43 Å². The lowest BCUT2D eigenvalue weighted by atomic mass is 10.2. The van der Waals surface area contributed by atoms with Crippen LogP contribution in [-0.4, -0.2) is 12.1 Å². The molecule has 0 aliphatic carbocycles. The van der Waals surface area contributed by atoms with E-state index in [0.717, 1.165) is 3.77 Å². The molecule has 0 saturated heterocycles. The molecule has 0 unspecified atom stereocenters. The molecule has 1 amide bonds. The summed E-state index contributed by atoms with van der Waals surface area (Å²) in [6.07, 6.45) is 1.41. The van der Waals surface area contributed by atoms with Crippen LogP contribution in [0, 0.1) is 3.77 Å². The quantitative estimate of drug-likeness (QED) is 0.474. The lowest BCUT2D eigenvalue weighted by Gasteiger charge is -2.01. The molecule has 98 valence electrons. The fraction of sp³-hybridized carbons (Fsp3) is 0. The Morgan fingerprint density at radius 1 is 1.26 bits per heavy atom. The SMILES string of the molecule is O=C(N/N=C\c1ccc(I)o1)c1ccc(Cl)c(Cl)c1. The summed E-state index contributed by atoms with van der Waals surface area (Å²) in [5.41, 5.74) is 2.75. The summed E-state index contributed by atoms with van der Waals surface area (Å²) in [6.45, 7) is 0. The molecule has 0 spiro atoms. The Kier molecular flexibility index (Phi) is 4.84. The van der Waals surface area contributed by atoms with Gasteiger partial charge in [-0.1, -0.05) is 23.2 Å². The van der Waals surface area contributed by atoms with E-state index in [1.807, 2.05) is 22.6 Å². The standard InChI is InChI=1S/C12H7Cl2IN2O2/c13-9-3-1-7(5-10(9)14)12(18)17-16-6-8-2-4-11(15)19-8/h1-6H,(H,17,18)/b16-6-. The second-order valence-corrected chi connectivity index (χ2v) is 5.35. The highest BCUT2D eigenvalue weighted by atomic mass is 127. The van der Waals surface area contributed by atoms with E-state index in [-0.39, 0.29) is 5.91 Å². The predicted octanol–water partition coefficient (Wildman–Crippen LogP) is 3.95. The zero-order valence-electron chi connectivity index (χ0n) is 9.36. The van der Waals surface area contributed by atoms with E-state index < -0.39 is 0 Å². The Morgan fingerprint density at radius 3 is 2.68 bits per heavy atom. The maximum atomic E-state index is 11.7. The molecular weight excluding hydrogens is 402 g/mol. The second kappa shape index (κ2) is 6.40. The molecule has 0 bridgehead atoms. The van der Waals surface area contributed by atoms with Crippen LogP contribution in [0.15, 0.2) is 39.9 Å². The minimum atomic E-state index is -0.379. The molecule has 0 saturated carbocycles. The highest BCUT2D eigenvalue weighted by molar-refractivity contribution is 14.1. The lowest BCUT2D eigenvalue weighted by molar-refractivity contribution is 0.0955. The van der Waals surface area contributed by atoms with Gasteiger partial charge in [0.05, 0.1) is 16.3 Å². The van der Waals surface area contributed by atoms with Crippen molar-refractivity contribution in [3.63, 3.8) is 0 Å². The average molecular weight is 409 g/mol. The van der Waals surface area contributed by atoms with Crippen LogP contribution in [0.1, 0.15) is 16.1 Å². The second-order valence-electron chi connectivity index (χ2n) is 3.47. The van der Waals surface area contributed by atoms with Crippen LogP contribution in [0.25, 0.3) is 0 Å². The summed E-state index contributed by atoms with van der Waals surface area (Å²) in [7, 11) is 0. The molecule has 0 radical (unpaired) electrons. The van der Waals surface area contributed by atoms with Crippen molar-refractivity contribution < 1.29 is 9.21 Å². The Labute approximate surface area is 132 Å². The van der Waals surface area contributed by atoms with E-state index in [1.165, 1.54) is 12.3 Å². The molecule has 1 aromatic carbocycles. The monoisotopic (exact) mass is 408 g/mol. The number of carbonyl (C=O) groups excluding carboxylic acids is 1. The predicted molar refractivity (Wildman–Crippen MR) is 82.9 cm³/mol. The first kappa shape index (κ1) is 14.4. The first-order chi connectivity index (χ1) is 9.06. The van der Waals surface area contributed by atoms with Crippen LogP contribution in [0.3, 0.4) is 0 Å². The number of hydrazone groups is 1. The van der Waals surface area contributed by atoms with Gasteiger partial charge < -0.3 is 4.42 Å². The van der Waals surface area contributed by atoms with E-state index in [2.05, 4.69) is 10.5 Å². The van der Waals surface area contributed by atoms with Gasteiger partial charge >= 0.3 is 0 Å². The molecule has 1 aromatic heterocycles. The van der Waals surface area contributed by atoms with E-state index in [0.29, 0.717) is 21.4 Å². The molecule has 2 rings (SSSR count). The van der Waals surface area contributed by atoms with E-state index in [4.69, 9.17) is 27.6 Å². The Hall–Kier alpha value is -1.05. The third kappa shape index (κ3) is 3.95. The maximum Gasteiger partial charge on any atom is 0.271 e. The van der Waals surface area contributed by atoms with Crippen molar-refractivity contribution in [1.82, 2.24) is 5.43 Å². The largest absolute Gasteiger partial charge is 0.449 e. The lowest BCUT2D eigenvalue weighted by Crippen LogP contribution is -2.17. The van der Waals surface area contributed by atoms with Gasteiger partial charge in [-0.2, -0.15) is 5.10 Å². The number of nitrogens with zero attached hydrogens (tertiary/aromatic N) is 1. The van der Waals surface area contributed by atoms with Crippen molar-refractivity contribution in [3.05, 3.63) is 55.5 Å². The molecule has 1 N–H and O–H groups in total. The summed E-state index contributed by atoms with van der Waals surface area (Å²) < 4.78 is 6.00. The summed E-state index contributed by atoms with van der Waals surface area (Å²) in [5, 5.41) is 4.50. The van der Waals surface area contributed by atoms with Gasteiger partial charge in [0, 0.05) is 5.56 Å². The minimum absolute atomic E-state index is 0.318. The first-order valence-corrected chi connectivity index (χ1v) is 6.93. The van der Waals surface area contributed by atoms with Crippen LogP contribution < -0.4 is 5.43 Å². The third-order valence-corrected chi connectivity index (χ3v) is 3.45. The minimum Gasteiger partial charge on any atom is -0.449 e. The topological polar surface area (TPSA) is 54.6 Å². The fourth-order valence-corrected chi connectivity index (χ4v) is 1.99. The third-order valence-electron chi connectivity index (χ3n) is 2.13. The van der Waals surface area contributed by atoms with Crippen molar-refractivity contribution in [1.29, 1.82) is 0 Å². The molecule has 2 aromatic rings. The number of amides is 1. The Morgan fingerprint density at radius 2 is 2.05 bits per heavy atom. The number of hydrogen-bond acceptors (Lipinski definition) is 3. The molecule has 19 heavy (non-hydrogen) atoms. The maximum absolute atomic E-state index is 11.7. The number of carbonyl (C=O) groups is 1. The molecule has 4 nitrogen and oxygen atoms in total. The summed E-state index contributed by atoms with van der Waals surface area (Å²) in [5.74, 6) is 0.176. The van der Waals surface area contributed by atoms with Crippen molar-refractivity contribution >= 4 is 57.9 Å². The van der Waals surface area contributed by atoms with Gasteiger partial charge in [-0.3, -0.25) is 4.79 Å². The van der Waals surface area contributed by atoms with E-state index >= 15 is 0 Å². The normalized spacial score (nSPS) is 10.9. The van der Waals surface area contributed by atoms with Crippen LogP contribution in [0.4, 0.5) is 0 Å². The molecule has 1 heterocycles. The first-order valence-electron chi connectivity index (χ1n) is 5.10. The average Bonchev–Trinajstić information content (AvgIpc) is 2.78. The smallest absolute Gasteiger partial charge is 0.271 e. The highest BCUT2D eigenvalue weighted by Gasteiger charge is 2.06. The highest BCUT2D eigenvalue weighted by Crippen LogP contribution is 2.22. The number of furan rings is 1.